The van der Waals surface area contributed by atoms with Crippen molar-refractivity contribution in [3.05, 3.63) is 36.4 Å². The van der Waals surface area contributed by atoms with E-state index in [-0.39, 0.29) is 32.2 Å². The first kappa shape index (κ1) is 16.1. The number of H-pyrrole nitrogens is 1. The second-order valence-corrected chi connectivity index (χ2v) is 5.09. The number of aliphatic hydroxyl groups is 2. The summed E-state index contributed by atoms with van der Waals surface area (Å²) in [5, 5.41) is 27.7. The number of hydrogen-bond acceptors (Lipinski definition) is 6. The fourth-order valence-corrected chi connectivity index (χ4v) is 2.33. The van der Waals surface area contributed by atoms with Gasteiger partial charge in [0.1, 0.15) is 36.3 Å². The van der Waals surface area contributed by atoms with Gasteiger partial charge >= 0.3 is 0 Å². The highest BCUT2D eigenvalue weighted by Crippen LogP contribution is 2.32. The molecule has 24 heavy (non-hydrogen) atoms. The fraction of sp³-hybridized carbons (Fsp3) is 0.235. The topological polar surface area (TPSA) is 108 Å². The van der Waals surface area contributed by atoms with Gasteiger partial charge in [0.25, 0.3) is 0 Å². The lowest BCUT2D eigenvalue weighted by atomic mass is 10.2. The molecule has 0 saturated heterocycles. The maximum Gasteiger partial charge on any atom is 0.142 e. The van der Waals surface area contributed by atoms with Crippen LogP contribution in [-0.2, 0) is 0 Å². The summed E-state index contributed by atoms with van der Waals surface area (Å²) in [5.74, 6) is 1.65. The summed E-state index contributed by atoms with van der Waals surface area (Å²) in [6, 6.07) is 10.2. The first-order chi connectivity index (χ1) is 11.7. The van der Waals surface area contributed by atoms with Crippen LogP contribution >= 0.6 is 0 Å². The molecule has 4 N–H and O–H groups in total. The number of benzene rings is 2. The van der Waals surface area contributed by atoms with Crippen LogP contribution in [0.2, 0.25) is 0 Å². The lowest BCUT2D eigenvalue weighted by molar-refractivity contribution is 0.201. The molecule has 0 amide bonds. The molecule has 0 aliphatic carbocycles. The highest BCUT2D eigenvalue weighted by molar-refractivity contribution is 5.82. The van der Waals surface area contributed by atoms with Crippen LogP contribution in [0.3, 0.4) is 0 Å². The van der Waals surface area contributed by atoms with Gasteiger partial charge in [0.2, 0.25) is 0 Å². The molecule has 0 aliphatic rings. The fourth-order valence-electron chi connectivity index (χ4n) is 2.33. The Bertz CT molecular complexity index is 831. The second-order valence-electron chi connectivity index (χ2n) is 5.09. The van der Waals surface area contributed by atoms with Crippen molar-refractivity contribution < 1.29 is 24.8 Å². The summed E-state index contributed by atoms with van der Waals surface area (Å²) in [4.78, 5) is 7.59. The number of phenolic OH excluding ortho intramolecular Hbond substituents is 1. The van der Waals surface area contributed by atoms with Gasteiger partial charge in [0.15, 0.2) is 0 Å². The molecule has 0 saturated carbocycles. The minimum Gasteiger partial charge on any atom is -0.507 e. The van der Waals surface area contributed by atoms with Crippen LogP contribution in [-0.4, -0.2) is 51.7 Å². The number of fused-ring (bicyclic) bond motifs is 1. The van der Waals surface area contributed by atoms with Gasteiger partial charge in [-0.15, -0.1) is 0 Å². The largest absolute Gasteiger partial charge is 0.507 e. The molecule has 3 rings (SSSR count). The molecular weight excluding hydrogens is 312 g/mol. The molecule has 1 heterocycles. The van der Waals surface area contributed by atoms with Crippen molar-refractivity contribution in [2.75, 3.05) is 26.4 Å². The van der Waals surface area contributed by atoms with Crippen molar-refractivity contribution in [2.45, 2.75) is 0 Å². The van der Waals surface area contributed by atoms with Crippen molar-refractivity contribution in [2.24, 2.45) is 0 Å². The van der Waals surface area contributed by atoms with Gasteiger partial charge in [-0.1, -0.05) is 0 Å². The first-order valence-electron chi connectivity index (χ1n) is 7.51. The van der Waals surface area contributed by atoms with E-state index in [4.69, 9.17) is 19.7 Å². The van der Waals surface area contributed by atoms with E-state index in [1.165, 1.54) is 6.07 Å². The van der Waals surface area contributed by atoms with Gasteiger partial charge in [0.05, 0.1) is 29.8 Å². The Morgan fingerprint density at radius 3 is 2.25 bits per heavy atom. The van der Waals surface area contributed by atoms with Gasteiger partial charge in [-0.3, -0.25) is 0 Å². The molecule has 7 heteroatoms. The Morgan fingerprint density at radius 2 is 1.58 bits per heavy atom. The molecule has 2 aromatic carbocycles. The van der Waals surface area contributed by atoms with E-state index in [2.05, 4.69) is 9.97 Å². The summed E-state index contributed by atoms with van der Waals surface area (Å²) < 4.78 is 10.6. The maximum atomic E-state index is 10.2. The van der Waals surface area contributed by atoms with E-state index in [1.807, 2.05) is 0 Å². The lowest BCUT2D eigenvalue weighted by Gasteiger charge is -2.06. The van der Waals surface area contributed by atoms with E-state index >= 15 is 0 Å². The average Bonchev–Trinajstić information content (AvgIpc) is 3.01. The summed E-state index contributed by atoms with van der Waals surface area (Å²) in [7, 11) is 0. The molecule has 0 aliphatic heterocycles. The Morgan fingerprint density at radius 1 is 0.917 bits per heavy atom. The molecule has 0 spiro atoms. The number of phenols is 1. The summed E-state index contributed by atoms with van der Waals surface area (Å²) in [6.45, 7) is 0.250. The quantitative estimate of drug-likeness (QED) is 0.525. The smallest absolute Gasteiger partial charge is 0.142 e. The third-order valence-electron chi connectivity index (χ3n) is 3.40. The van der Waals surface area contributed by atoms with Crippen molar-refractivity contribution in [1.29, 1.82) is 0 Å². The van der Waals surface area contributed by atoms with Crippen LogP contribution in [0.15, 0.2) is 36.4 Å². The molecular formula is C17H18N2O5. The van der Waals surface area contributed by atoms with Gasteiger partial charge in [-0.05, 0) is 24.3 Å². The lowest BCUT2D eigenvalue weighted by Crippen LogP contribution is -2.01. The Balaban J connectivity index is 1.88. The predicted octanol–water partition coefficient (Wildman–Crippen LogP) is 1.68. The van der Waals surface area contributed by atoms with Crippen molar-refractivity contribution >= 4 is 11.0 Å². The first-order valence-corrected chi connectivity index (χ1v) is 7.51. The molecule has 0 atom stereocenters. The summed E-state index contributed by atoms with van der Waals surface area (Å²) >= 11 is 0. The molecule has 0 bridgehead atoms. The molecule has 1 aromatic heterocycles. The van der Waals surface area contributed by atoms with Crippen LogP contribution in [0.1, 0.15) is 0 Å². The number of rotatable bonds is 7. The van der Waals surface area contributed by atoms with E-state index < -0.39 is 0 Å². The van der Waals surface area contributed by atoms with Gasteiger partial charge in [-0.25, -0.2) is 4.98 Å². The zero-order valence-corrected chi connectivity index (χ0v) is 12.9. The standard InChI is InChI=1S/C17H18N2O5/c20-5-7-23-11-2-4-14-15(9-11)19-17(18-14)13-3-1-12(10-16(13)22)24-8-6-21/h1-4,9-10,20-22H,5-8H2,(H,18,19). The number of aromatic nitrogens is 2. The second kappa shape index (κ2) is 7.20. The molecule has 7 nitrogen and oxygen atoms in total. The summed E-state index contributed by atoms with van der Waals surface area (Å²) in [6.07, 6.45) is 0. The van der Waals surface area contributed by atoms with Crippen LogP contribution in [0.25, 0.3) is 22.4 Å². The van der Waals surface area contributed by atoms with Crippen LogP contribution < -0.4 is 9.47 Å². The number of ether oxygens (including phenoxy) is 2. The number of nitrogens with one attached hydrogen (secondary N) is 1. The van der Waals surface area contributed by atoms with Crippen molar-refractivity contribution in [3.63, 3.8) is 0 Å². The number of hydrogen-bond donors (Lipinski definition) is 4. The minimum absolute atomic E-state index is 0.0289. The predicted molar refractivity (Wildman–Crippen MR) is 88.4 cm³/mol. The summed E-state index contributed by atoms with van der Waals surface area (Å²) in [5.41, 5.74) is 2.04. The van der Waals surface area contributed by atoms with Crippen LogP contribution in [0.4, 0.5) is 0 Å². The van der Waals surface area contributed by atoms with Gasteiger partial charge in [0, 0.05) is 12.1 Å². The number of aromatic hydroxyl groups is 1. The molecule has 126 valence electrons. The molecule has 3 aromatic rings. The normalized spacial score (nSPS) is 10.9. The third-order valence-corrected chi connectivity index (χ3v) is 3.40. The third kappa shape index (κ3) is 3.42. The average molecular weight is 330 g/mol. The zero-order valence-electron chi connectivity index (χ0n) is 12.9. The number of imidazole rings is 1. The van der Waals surface area contributed by atoms with Gasteiger partial charge in [-0.2, -0.15) is 0 Å². The maximum absolute atomic E-state index is 10.2. The Hall–Kier alpha value is -2.77. The number of nitrogens with zero attached hydrogens (tertiary/aromatic N) is 1. The van der Waals surface area contributed by atoms with E-state index in [1.54, 1.807) is 30.3 Å². The van der Waals surface area contributed by atoms with E-state index in [0.29, 0.717) is 22.9 Å². The van der Waals surface area contributed by atoms with E-state index in [9.17, 15) is 5.11 Å². The molecule has 0 radical (unpaired) electrons. The highest BCUT2D eigenvalue weighted by Gasteiger charge is 2.11. The number of aliphatic hydroxyl groups excluding tert-OH is 2. The SMILES string of the molecule is OCCOc1ccc(-c2nc3ccc(OCCO)cc3[nH]2)c(O)c1. The molecule has 0 fully saturated rings. The minimum atomic E-state index is -0.0905. The van der Waals surface area contributed by atoms with Crippen molar-refractivity contribution in [3.8, 4) is 28.6 Å². The van der Waals surface area contributed by atoms with Gasteiger partial charge < -0.3 is 29.8 Å². The van der Waals surface area contributed by atoms with Crippen molar-refractivity contribution in [1.82, 2.24) is 9.97 Å². The van der Waals surface area contributed by atoms with Crippen LogP contribution in [0.5, 0.6) is 17.2 Å². The Kier molecular flexibility index (Phi) is 4.83. The highest BCUT2D eigenvalue weighted by atomic mass is 16.5. The zero-order chi connectivity index (χ0) is 16.9. The van der Waals surface area contributed by atoms with E-state index in [0.717, 1.165) is 11.0 Å². The monoisotopic (exact) mass is 330 g/mol. The Labute approximate surface area is 138 Å². The van der Waals surface area contributed by atoms with Crippen LogP contribution in [0, 0.1) is 0 Å². The number of aromatic amines is 1. The molecule has 0 unspecified atom stereocenters.